The van der Waals surface area contributed by atoms with Gasteiger partial charge in [-0.25, -0.2) is 4.79 Å². The number of nitrogen functional groups attached to an aromatic ring is 1. The van der Waals surface area contributed by atoms with E-state index in [-0.39, 0.29) is 23.6 Å². The van der Waals surface area contributed by atoms with E-state index in [1.807, 2.05) is 6.92 Å². The number of hydrogen-bond donors (Lipinski definition) is 2. The maximum absolute atomic E-state index is 12.4. The summed E-state index contributed by atoms with van der Waals surface area (Å²) in [5, 5.41) is 0. The number of imidazole rings is 1. The minimum Gasteiger partial charge on any atom is -0.460 e. The van der Waals surface area contributed by atoms with Gasteiger partial charge in [0.15, 0.2) is 11.5 Å². The summed E-state index contributed by atoms with van der Waals surface area (Å²) < 4.78 is 7.47. The molecule has 0 radical (unpaired) electrons. The third kappa shape index (κ3) is 4.61. The van der Waals surface area contributed by atoms with Crippen LogP contribution in [0.4, 0.5) is 5.82 Å². The Bertz CT molecular complexity index is 806. The summed E-state index contributed by atoms with van der Waals surface area (Å²) >= 11 is 0. The SMILES string of the molecule is CCCC(C)Oc1nc(N)c2[nH]c(=O)n(CCC3CCN(CC)CC3)c2n1. The third-order valence-corrected chi connectivity index (χ3v) is 5.55. The second kappa shape index (κ2) is 8.73. The van der Waals surface area contributed by atoms with Crippen molar-refractivity contribution in [3.05, 3.63) is 10.5 Å². The lowest BCUT2D eigenvalue weighted by Gasteiger charge is -2.30. The molecule has 0 spiro atoms. The molecule has 27 heavy (non-hydrogen) atoms. The number of aromatic nitrogens is 4. The highest BCUT2D eigenvalue weighted by Gasteiger charge is 2.20. The molecule has 1 unspecified atom stereocenters. The van der Waals surface area contributed by atoms with Crippen LogP contribution >= 0.6 is 0 Å². The summed E-state index contributed by atoms with van der Waals surface area (Å²) in [7, 11) is 0. The normalized spacial score (nSPS) is 17.4. The van der Waals surface area contributed by atoms with Crippen LogP contribution in [-0.4, -0.2) is 50.2 Å². The summed E-state index contributed by atoms with van der Waals surface area (Å²) in [4.78, 5) is 26.4. The molecule has 8 nitrogen and oxygen atoms in total. The molecular formula is C19H32N6O2. The number of likely N-dealkylation sites (tertiary alicyclic amines) is 1. The van der Waals surface area contributed by atoms with Crippen molar-refractivity contribution in [3.8, 4) is 6.01 Å². The van der Waals surface area contributed by atoms with Crippen molar-refractivity contribution in [3.63, 3.8) is 0 Å². The van der Waals surface area contributed by atoms with Crippen LogP contribution in [-0.2, 0) is 6.54 Å². The second-order valence-electron chi connectivity index (χ2n) is 7.56. The summed E-state index contributed by atoms with van der Waals surface area (Å²) in [5.74, 6) is 0.898. The average Bonchev–Trinajstić information content (AvgIpc) is 2.96. The lowest BCUT2D eigenvalue weighted by Crippen LogP contribution is -2.34. The van der Waals surface area contributed by atoms with Crippen molar-refractivity contribution in [1.82, 2.24) is 24.4 Å². The van der Waals surface area contributed by atoms with Crippen LogP contribution < -0.4 is 16.2 Å². The molecule has 0 aromatic carbocycles. The predicted octanol–water partition coefficient (Wildman–Crippen LogP) is 2.39. The van der Waals surface area contributed by atoms with Gasteiger partial charge in [0.2, 0.25) is 0 Å². The van der Waals surface area contributed by atoms with E-state index in [9.17, 15) is 4.79 Å². The maximum atomic E-state index is 12.4. The van der Waals surface area contributed by atoms with E-state index < -0.39 is 0 Å². The molecule has 2 aromatic heterocycles. The molecule has 3 heterocycles. The second-order valence-corrected chi connectivity index (χ2v) is 7.56. The van der Waals surface area contributed by atoms with Gasteiger partial charge in [0.1, 0.15) is 5.52 Å². The number of H-pyrrole nitrogens is 1. The number of rotatable bonds is 8. The van der Waals surface area contributed by atoms with Crippen molar-refractivity contribution in [2.24, 2.45) is 5.92 Å². The molecule has 0 saturated carbocycles. The van der Waals surface area contributed by atoms with Gasteiger partial charge in [0, 0.05) is 6.54 Å². The Labute approximate surface area is 160 Å². The molecule has 1 aliphatic heterocycles. The van der Waals surface area contributed by atoms with Gasteiger partial charge in [-0.2, -0.15) is 9.97 Å². The van der Waals surface area contributed by atoms with Crippen molar-refractivity contribution >= 4 is 17.0 Å². The lowest BCUT2D eigenvalue weighted by atomic mass is 9.93. The first-order valence-electron chi connectivity index (χ1n) is 10.2. The number of piperidine rings is 1. The summed E-state index contributed by atoms with van der Waals surface area (Å²) in [5.41, 5.74) is 6.89. The summed E-state index contributed by atoms with van der Waals surface area (Å²) in [6.45, 7) is 10.3. The number of nitrogens with one attached hydrogen (secondary N) is 1. The molecule has 3 rings (SSSR count). The largest absolute Gasteiger partial charge is 0.460 e. The topological polar surface area (TPSA) is 102 Å². The van der Waals surface area contributed by atoms with Crippen molar-refractivity contribution in [1.29, 1.82) is 0 Å². The Hall–Kier alpha value is -2.09. The first-order valence-corrected chi connectivity index (χ1v) is 10.2. The van der Waals surface area contributed by atoms with Gasteiger partial charge in [0.05, 0.1) is 6.10 Å². The van der Waals surface area contributed by atoms with Crippen LogP contribution in [0.5, 0.6) is 6.01 Å². The standard InChI is InChI=1S/C19H32N6O2/c1-4-6-13(3)27-18-22-16(20)15-17(23-18)25(19(26)21-15)12-9-14-7-10-24(5-2)11-8-14/h13-14H,4-12H2,1-3H3,(H,21,26)(H2,20,22,23). The highest BCUT2D eigenvalue weighted by molar-refractivity contribution is 5.81. The van der Waals surface area contributed by atoms with Gasteiger partial charge >= 0.3 is 11.7 Å². The predicted molar refractivity (Wildman–Crippen MR) is 107 cm³/mol. The highest BCUT2D eigenvalue weighted by Crippen LogP contribution is 2.23. The van der Waals surface area contributed by atoms with E-state index in [0.29, 0.717) is 23.6 Å². The summed E-state index contributed by atoms with van der Waals surface area (Å²) in [6, 6.07) is 0.241. The molecule has 0 amide bonds. The van der Waals surface area contributed by atoms with Gasteiger partial charge in [-0.3, -0.25) is 4.57 Å². The van der Waals surface area contributed by atoms with Crippen LogP contribution in [0.2, 0.25) is 0 Å². The Morgan fingerprint density at radius 1 is 1.30 bits per heavy atom. The van der Waals surface area contributed by atoms with Crippen LogP contribution in [0.3, 0.4) is 0 Å². The fourth-order valence-corrected chi connectivity index (χ4v) is 3.84. The van der Waals surface area contributed by atoms with Gasteiger partial charge in [0.25, 0.3) is 0 Å². The fraction of sp³-hybridized carbons (Fsp3) is 0.737. The first-order chi connectivity index (χ1) is 13.0. The highest BCUT2D eigenvalue weighted by atomic mass is 16.5. The fourth-order valence-electron chi connectivity index (χ4n) is 3.84. The van der Waals surface area contributed by atoms with E-state index in [0.717, 1.165) is 38.9 Å². The molecule has 1 atom stereocenters. The number of ether oxygens (including phenoxy) is 1. The van der Waals surface area contributed by atoms with Crippen molar-refractivity contribution in [2.75, 3.05) is 25.4 Å². The van der Waals surface area contributed by atoms with E-state index in [1.54, 1.807) is 4.57 Å². The zero-order chi connectivity index (χ0) is 19.4. The number of anilines is 1. The van der Waals surface area contributed by atoms with Gasteiger partial charge in [-0.15, -0.1) is 0 Å². The van der Waals surface area contributed by atoms with E-state index in [2.05, 4.69) is 33.7 Å². The Morgan fingerprint density at radius 3 is 2.70 bits per heavy atom. The molecule has 2 aromatic rings. The quantitative estimate of drug-likeness (QED) is 0.733. The average molecular weight is 377 g/mol. The molecule has 1 fully saturated rings. The monoisotopic (exact) mass is 376 g/mol. The van der Waals surface area contributed by atoms with E-state index in [4.69, 9.17) is 10.5 Å². The Morgan fingerprint density at radius 2 is 2.04 bits per heavy atom. The number of aromatic amines is 1. The van der Waals surface area contributed by atoms with Gasteiger partial charge in [-0.1, -0.05) is 20.3 Å². The lowest BCUT2D eigenvalue weighted by molar-refractivity contribution is 0.183. The molecule has 0 aliphatic carbocycles. The molecule has 0 bridgehead atoms. The van der Waals surface area contributed by atoms with Crippen LogP contribution in [0, 0.1) is 5.92 Å². The number of nitrogens with zero attached hydrogens (tertiary/aromatic N) is 4. The number of aryl methyl sites for hydroxylation is 1. The zero-order valence-corrected chi connectivity index (χ0v) is 16.7. The van der Waals surface area contributed by atoms with Gasteiger partial charge < -0.3 is 20.4 Å². The van der Waals surface area contributed by atoms with Gasteiger partial charge in [-0.05, 0) is 58.2 Å². The molecule has 8 heteroatoms. The molecule has 3 N–H and O–H groups in total. The van der Waals surface area contributed by atoms with Crippen LogP contribution in [0.15, 0.2) is 4.79 Å². The Balaban J connectivity index is 1.75. The molecule has 1 saturated heterocycles. The van der Waals surface area contributed by atoms with Crippen molar-refractivity contribution < 1.29 is 4.74 Å². The third-order valence-electron chi connectivity index (χ3n) is 5.55. The number of hydrogen-bond acceptors (Lipinski definition) is 6. The van der Waals surface area contributed by atoms with Crippen LogP contribution in [0.1, 0.15) is 52.9 Å². The molecular weight excluding hydrogens is 344 g/mol. The van der Waals surface area contributed by atoms with Crippen molar-refractivity contribution in [2.45, 2.75) is 65.5 Å². The minimum atomic E-state index is -0.184. The minimum absolute atomic E-state index is 0.00899. The Kier molecular flexibility index (Phi) is 6.36. The van der Waals surface area contributed by atoms with Crippen LogP contribution in [0.25, 0.3) is 11.2 Å². The smallest absolute Gasteiger partial charge is 0.327 e. The van der Waals surface area contributed by atoms with E-state index >= 15 is 0 Å². The zero-order valence-electron chi connectivity index (χ0n) is 16.7. The molecule has 150 valence electrons. The molecule has 1 aliphatic rings. The number of nitrogens with two attached hydrogens (primary N) is 1. The number of fused-ring (bicyclic) bond motifs is 1. The maximum Gasteiger partial charge on any atom is 0.327 e. The summed E-state index contributed by atoms with van der Waals surface area (Å²) in [6.07, 6.45) is 5.28. The first kappa shape index (κ1) is 19.7. The van der Waals surface area contributed by atoms with E-state index in [1.165, 1.54) is 12.8 Å².